The van der Waals surface area contributed by atoms with E-state index in [1.165, 1.54) is 21.1 Å². The Morgan fingerprint density at radius 3 is 2.52 bits per heavy atom. The van der Waals surface area contributed by atoms with Crippen molar-refractivity contribution in [2.45, 2.75) is 24.7 Å². The van der Waals surface area contributed by atoms with E-state index in [0.717, 1.165) is 18.4 Å². The summed E-state index contributed by atoms with van der Waals surface area (Å²) in [5.74, 6) is -0.384. The maximum atomic E-state index is 12.6. The molecule has 2 heterocycles. The molecule has 0 unspecified atom stereocenters. The quantitative estimate of drug-likeness (QED) is 0.884. The molecule has 0 bridgehead atoms. The summed E-state index contributed by atoms with van der Waals surface area (Å²) < 4.78 is 28.2. The second-order valence-electron chi connectivity index (χ2n) is 6.20. The van der Waals surface area contributed by atoms with Crippen LogP contribution in [-0.4, -0.2) is 36.3 Å². The van der Waals surface area contributed by atoms with Crippen LogP contribution in [0.1, 0.15) is 28.9 Å². The fourth-order valence-corrected chi connectivity index (χ4v) is 4.61. The Kier molecular flexibility index (Phi) is 4.90. The first-order valence-corrected chi connectivity index (χ1v) is 9.85. The number of nitrogens with zero attached hydrogens (tertiary/aromatic N) is 2. The Bertz CT molecular complexity index is 915. The molecule has 134 valence electrons. The fourth-order valence-electron chi connectivity index (χ4n) is 2.84. The van der Waals surface area contributed by atoms with Gasteiger partial charge in [0.1, 0.15) is 10.6 Å². The van der Waals surface area contributed by atoms with Crippen molar-refractivity contribution in [1.29, 1.82) is 0 Å². The third-order valence-corrected chi connectivity index (χ3v) is 6.62. The lowest BCUT2D eigenvalue weighted by Crippen LogP contribution is -2.27. The highest BCUT2D eigenvalue weighted by Gasteiger charge is 2.29. The molecule has 1 N–H and O–H groups in total. The maximum absolute atomic E-state index is 12.6. The molecule has 6 nitrogen and oxygen atoms in total. The SMILES string of the molecule is Cc1ccc(NC(=O)c2cc(S(=O)(=O)N3CCCC3)cn2C)cc1Cl. The average Bonchev–Trinajstić information content (AvgIpc) is 3.21. The Balaban J connectivity index is 1.84. The van der Waals surface area contributed by atoms with E-state index >= 15 is 0 Å². The van der Waals surface area contributed by atoms with Crippen molar-refractivity contribution in [3.8, 4) is 0 Å². The number of aryl methyl sites for hydroxylation is 2. The Hall–Kier alpha value is -1.83. The summed E-state index contributed by atoms with van der Waals surface area (Å²) in [7, 11) is -1.89. The van der Waals surface area contributed by atoms with Gasteiger partial charge in [0.25, 0.3) is 5.91 Å². The highest BCUT2D eigenvalue weighted by atomic mass is 35.5. The zero-order valence-electron chi connectivity index (χ0n) is 14.1. The van der Waals surface area contributed by atoms with Gasteiger partial charge >= 0.3 is 0 Å². The zero-order valence-corrected chi connectivity index (χ0v) is 15.7. The van der Waals surface area contributed by atoms with E-state index in [1.54, 1.807) is 19.2 Å². The molecule has 0 aliphatic carbocycles. The minimum atomic E-state index is -3.55. The molecule has 1 amide bonds. The minimum absolute atomic E-state index is 0.143. The molecule has 1 aromatic heterocycles. The fraction of sp³-hybridized carbons (Fsp3) is 0.353. The van der Waals surface area contributed by atoms with E-state index < -0.39 is 10.0 Å². The number of hydrogen-bond donors (Lipinski definition) is 1. The van der Waals surface area contributed by atoms with E-state index in [-0.39, 0.29) is 16.5 Å². The number of benzene rings is 1. The first-order chi connectivity index (χ1) is 11.8. The molecule has 3 rings (SSSR count). The Labute approximate surface area is 152 Å². The lowest BCUT2D eigenvalue weighted by atomic mass is 10.2. The highest BCUT2D eigenvalue weighted by Crippen LogP contribution is 2.24. The lowest BCUT2D eigenvalue weighted by Gasteiger charge is -2.13. The third-order valence-electron chi connectivity index (χ3n) is 4.35. The number of halogens is 1. The maximum Gasteiger partial charge on any atom is 0.272 e. The monoisotopic (exact) mass is 381 g/mol. The number of hydrogen-bond acceptors (Lipinski definition) is 3. The van der Waals surface area contributed by atoms with Crippen molar-refractivity contribution in [1.82, 2.24) is 8.87 Å². The van der Waals surface area contributed by atoms with Crippen LogP contribution in [0.2, 0.25) is 5.02 Å². The van der Waals surface area contributed by atoms with E-state index in [2.05, 4.69) is 5.32 Å². The molecule has 1 aromatic carbocycles. The number of sulfonamides is 1. The van der Waals surface area contributed by atoms with Crippen LogP contribution in [0.4, 0.5) is 5.69 Å². The van der Waals surface area contributed by atoms with Crippen LogP contribution in [0.15, 0.2) is 35.4 Å². The van der Waals surface area contributed by atoms with Crippen molar-refractivity contribution in [3.05, 3.63) is 46.7 Å². The summed E-state index contributed by atoms with van der Waals surface area (Å²) in [5.41, 5.74) is 1.75. The van der Waals surface area contributed by atoms with E-state index in [4.69, 9.17) is 11.6 Å². The Morgan fingerprint density at radius 2 is 1.88 bits per heavy atom. The molecule has 25 heavy (non-hydrogen) atoms. The van der Waals surface area contributed by atoms with Crippen LogP contribution in [0.3, 0.4) is 0 Å². The summed E-state index contributed by atoms with van der Waals surface area (Å²) in [6.45, 7) is 2.93. The van der Waals surface area contributed by atoms with Gasteiger partial charge in [-0.15, -0.1) is 0 Å². The molecular formula is C17H20ClN3O3S. The van der Waals surface area contributed by atoms with Crippen LogP contribution in [0.25, 0.3) is 0 Å². The number of carbonyl (C=O) groups is 1. The van der Waals surface area contributed by atoms with Crippen molar-refractivity contribution in [2.24, 2.45) is 7.05 Å². The summed E-state index contributed by atoms with van der Waals surface area (Å²) in [4.78, 5) is 12.7. The van der Waals surface area contributed by atoms with Crippen molar-refractivity contribution >= 4 is 33.2 Å². The van der Waals surface area contributed by atoms with Crippen molar-refractivity contribution < 1.29 is 13.2 Å². The van der Waals surface area contributed by atoms with Gasteiger partial charge in [-0.1, -0.05) is 17.7 Å². The van der Waals surface area contributed by atoms with Gasteiger partial charge in [0.05, 0.1) is 0 Å². The molecule has 1 aliphatic rings. The summed E-state index contributed by atoms with van der Waals surface area (Å²) in [6.07, 6.45) is 3.21. The van der Waals surface area contributed by atoms with Gasteiger partial charge in [0.15, 0.2) is 0 Å². The zero-order chi connectivity index (χ0) is 18.2. The molecule has 0 atom stereocenters. The van der Waals surface area contributed by atoms with E-state index in [1.807, 2.05) is 13.0 Å². The second kappa shape index (κ2) is 6.82. The van der Waals surface area contributed by atoms with E-state index in [9.17, 15) is 13.2 Å². The van der Waals surface area contributed by atoms with Gasteiger partial charge in [-0.2, -0.15) is 4.31 Å². The molecule has 1 saturated heterocycles. The van der Waals surface area contributed by atoms with Crippen molar-refractivity contribution in [3.63, 3.8) is 0 Å². The predicted molar refractivity (Wildman–Crippen MR) is 97.5 cm³/mol. The summed E-state index contributed by atoms with van der Waals surface area (Å²) in [5, 5.41) is 3.31. The lowest BCUT2D eigenvalue weighted by molar-refractivity contribution is 0.101. The van der Waals surface area contributed by atoms with Gasteiger partial charge in [0.2, 0.25) is 10.0 Å². The van der Waals surface area contributed by atoms with Gasteiger partial charge in [0, 0.05) is 37.0 Å². The number of rotatable bonds is 4. The Morgan fingerprint density at radius 1 is 1.20 bits per heavy atom. The van der Waals surface area contributed by atoms with Crippen LogP contribution in [0.5, 0.6) is 0 Å². The number of nitrogens with one attached hydrogen (secondary N) is 1. The van der Waals surface area contributed by atoms with Crippen LogP contribution in [-0.2, 0) is 17.1 Å². The number of anilines is 1. The largest absolute Gasteiger partial charge is 0.345 e. The smallest absolute Gasteiger partial charge is 0.272 e. The average molecular weight is 382 g/mol. The molecular weight excluding hydrogens is 362 g/mol. The molecule has 1 aliphatic heterocycles. The predicted octanol–water partition coefficient (Wildman–Crippen LogP) is 3.02. The normalized spacial score (nSPS) is 15.5. The van der Waals surface area contributed by atoms with Crippen molar-refractivity contribution in [2.75, 3.05) is 18.4 Å². The van der Waals surface area contributed by atoms with Crippen LogP contribution in [0, 0.1) is 6.92 Å². The number of amides is 1. The number of carbonyl (C=O) groups excluding carboxylic acids is 1. The first kappa shape index (κ1) is 18.0. The van der Waals surface area contributed by atoms with Gasteiger partial charge in [-0.05, 0) is 43.5 Å². The van der Waals surface area contributed by atoms with Gasteiger partial charge in [-0.25, -0.2) is 8.42 Å². The second-order valence-corrected chi connectivity index (χ2v) is 8.55. The molecule has 1 fully saturated rings. The molecule has 0 spiro atoms. The molecule has 8 heteroatoms. The van der Waals surface area contributed by atoms with Crippen LogP contribution < -0.4 is 5.32 Å². The molecule has 0 radical (unpaired) electrons. The number of aromatic nitrogens is 1. The first-order valence-electron chi connectivity index (χ1n) is 8.03. The summed E-state index contributed by atoms with van der Waals surface area (Å²) in [6, 6.07) is 6.65. The highest BCUT2D eigenvalue weighted by molar-refractivity contribution is 7.89. The molecule has 2 aromatic rings. The molecule has 0 saturated carbocycles. The van der Waals surface area contributed by atoms with E-state index in [0.29, 0.717) is 23.8 Å². The van der Waals surface area contributed by atoms with Gasteiger partial charge in [-0.3, -0.25) is 4.79 Å². The van der Waals surface area contributed by atoms with Crippen LogP contribution >= 0.6 is 11.6 Å². The third kappa shape index (κ3) is 3.58. The minimum Gasteiger partial charge on any atom is -0.345 e. The van der Waals surface area contributed by atoms with Gasteiger partial charge < -0.3 is 9.88 Å². The standard InChI is InChI=1S/C17H20ClN3O3S/c1-12-5-6-13(9-15(12)18)19-17(22)16-10-14(11-20(16)2)25(23,24)21-7-3-4-8-21/h5-6,9-11H,3-4,7-8H2,1-2H3,(H,19,22). The topological polar surface area (TPSA) is 71.4 Å². The summed E-state index contributed by atoms with van der Waals surface area (Å²) >= 11 is 6.07.